The molecular weight excluding hydrogens is 264 g/mol. The molecule has 1 aliphatic heterocycles. The van der Waals surface area contributed by atoms with Crippen molar-refractivity contribution >= 4 is 11.9 Å². The highest BCUT2D eigenvalue weighted by atomic mass is 16.7. The molecule has 1 aromatic carbocycles. The van der Waals surface area contributed by atoms with Crippen LogP contribution in [0.5, 0.6) is 17.2 Å². The lowest BCUT2D eigenvalue weighted by Crippen LogP contribution is -2.41. The first-order chi connectivity index (χ1) is 9.69. The van der Waals surface area contributed by atoms with Crippen molar-refractivity contribution in [2.45, 2.75) is 13.3 Å². The fourth-order valence-corrected chi connectivity index (χ4v) is 1.56. The first kappa shape index (κ1) is 14.0. The third kappa shape index (κ3) is 3.78. The van der Waals surface area contributed by atoms with Crippen LogP contribution in [0.3, 0.4) is 0 Å². The molecule has 7 heteroatoms. The Hall–Kier alpha value is -2.44. The van der Waals surface area contributed by atoms with Crippen LogP contribution in [0.1, 0.15) is 13.3 Å². The molecule has 1 heterocycles. The van der Waals surface area contributed by atoms with Gasteiger partial charge in [-0.05, 0) is 18.6 Å². The monoisotopic (exact) mass is 280 g/mol. The zero-order chi connectivity index (χ0) is 14.4. The number of benzene rings is 1. The number of fused-ring (bicyclic) bond motifs is 1. The summed E-state index contributed by atoms with van der Waals surface area (Å²) >= 11 is 0. The lowest BCUT2D eigenvalue weighted by Gasteiger charge is -2.08. The highest BCUT2D eigenvalue weighted by Gasteiger charge is 2.14. The number of nitrogens with one attached hydrogen (secondary N) is 2. The normalized spacial score (nSPS) is 11.8. The minimum atomic E-state index is -0.522. The Bertz CT molecular complexity index is 504. The fraction of sp³-hybridized carbons (Fsp3) is 0.385. The maximum atomic E-state index is 11.5. The van der Waals surface area contributed by atoms with E-state index >= 15 is 0 Å². The van der Waals surface area contributed by atoms with Crippen molar-refractivity contribution in [1.82, 2.24) is 10.6 Å². The molecule has 0 unspecified atom stereocenters. The predicted octanol–water partition coefficient (Wildman–Crippen LogP) is 1.03. The van der Waals surface area contributed by atoms with Gasteiger partial charge in [-0.2, -0.15) is 0 Å². The largest absolute Gasteiger partial charge is 0.484 e. The second-order valence-corrected chi connectivity index (χ2v) is 4.11. The third-order valence-electron chi connectivity index (χ3n) is 2.50. The number of urea groups is 1. The van der Waals surface area contributed by atoms with Crippen LogP contribution in [0, 0.1) is 0 Å². The van der Waals surface area contributed by atoms with E-state index in [1.54, 1.807) is 18.2 Å². The van der Waals surface area contributed by atoms with Gasteiger partial charge in [-0.3, -0.25) is 10.1 Å². The molecule has 0 saturated heterocycles. The van der Waals surface area contributed by atoms with Crippen LogP contribution in [0.25, 0.3) is 0 Å². The number of ether oxygens (including phenoxy) is 3. The Morgan fingerprint density at radius 2 is 2.10 bits per heavy atom. The standard InChI is InChI=1S/C13H16N2O5/c1-2-5-14-13(17)15-12(16)7-18-9-3-4-10-11(6-9)20-8-19-10/h3-4,6H,2,5,7-8H2,1H3,(H2,14,15,16,17). The van der Waals surface area contributed by atoms with Gasteiger partial charge in [0.1, 0.15) is 5.75 Å². The van der Waals surface area contributed by atoms with Crippen LogP contribution in [0.2, 0.25) is 0 Å². The molecule has 1 aliphatic rings. The van der Waals surface area contributed by atoms with E-state index in [9.17, 15) is 9.59 Å². The highest BCUT2D eigenvalue weighted by Crippen LogP contribution is 2.34. The first-order valence-corrected chi connectivity index (χ1v) is 6.29. The van der Waals surface area contributed by atoms with Gasteiger partial charge in [0.2, 0.25) is 6.79 Å². The summed E-state index contributed by atoms with van der Waals surface area (Å²) in [5, 5.41) is 4.70. The molecule has 7 nitrogen and oxygen atoms in total. The Labute approximate surface area is 116 Å². The minimum Gasteiger partial charge on any atom is -0.484 e. The van der Waals surface area contributed by atoms with Crippen LogP contribution in [0.15, 0.2) is 18.2 Å². The van der Waals surface area contributed by atoms with Crippen LogP contribution in [0.4, 0.5) is 4.79 Å². The number of amides is 3. The van der Waals surface area contributed by atoms with Gasteiger partial charge in [0.05, 0.1) is 0 Å². The Kier molecular flexibility index (Phi) is 4.65. The molecule has 2 rings (SSSR count). The minimum absolute atomic E-state index is 0.177. The average molecular weight is 280 g/mol. The number of hydrogen-bond acceptors (Lipinski definition) is 5. The van der Waals surface area contributed by atoms with Crippen LogP contribution in [-0.4, -0.2) is 31.9 Å². The van der Waals surface area contributed by atoms with E-state index in [0.717, 1.165) is 6.42 Å². The highest BCUT2D eigenvalue weighted by molar-refractivity contribution is 5.94. The van der Waals surface area contributed by atoms with Gasteiger partial charge in [0.15, 0.2) is 18.1 Å². The topological polar surface area (TPSA) is 85.9 Å². The first-order valence-electron chi connectivity index (χ1n) is 6.29. The summed E-state index contributed by atoms with van der Waals surface area (Å²) < 4.78 is 15.6. The number of rotatable bonds is 5. The van der Waals surface area contributed by atoms with Crippen molar-refractivity contribution in [3.63, 3.8) is 0 Å². The maximum absolute atomic E-state index is 11.5. The van der Waals surface area contributed by atoms with Crippen molar-refractivity contribution < 1.29 is 23.8 Å². The Morgan fingerprint density at radius 3 is 2.90 bits per heavy atom. The average Bonchev–Trinajstić information content (AvgIpc) is 2.90. The van der Waals surface area contributed by atoms with Crippen LogP contribution >= 0.6 is 0 Å². The summed E-state index contributed by atoms with van der Waals surface area (Å²) in [6, 6.07) is 4.47. The predicted molar refractivity (Wildman–Crippen MR) is 69.9 cm³/mol. The summed E-state index contributed by atoms with van der Waals surface area (Å²) in [5.41, 5.74) is 0. The summed E-state index contributed by atoms with van der Waals surface area (Å²) in [4.78, 5) is 22.7. The van der Waals surface area contributed by atoms with Gasteiger partial charge in [0.25, 0.3) is 5.91 Å². The lowest BCUT2D eigenvalue weighted by molar-refractivity contribution is -0.122. The van der Waals surface area contributed by atoms with Crippen molar-refractivity contribution in [2.75, 3.05) is 19.9 Å². The van der Waals surface area contributed by atoms with Gasteiger partial charge in [-0.25, -0.2) is 4.79 Å². The number of carbonyl (C=O) groups is 2. The van der Waals surface area contributed by atoms with E-state index in [-0.39, 0.29) is 13.4 Å². The Balaban J connectivity index is 1.77. The van der Waals surface area contributed by atoms with Crippen molar-refractivity contribution in [1.29, 1.82) is 0 Å². The van der Waals surface area contributed by atoms with Gasteiger partial charge in [-0.15, -0.1) is 0 Å². The van der Waals surface area contributed by atoms with Gasteiger partial charge in [-0.1, -0.05) is 6.92 Å². The molecule has 0 aromatic heterocycles. The summed E-state index contributed by atoms with van der Waals surface area (Å²) in [6.45, 7) is 2.36. The molecule has 2 N–H and O–H groups in total. The summed E-state index contributed by atoms with van der Waals surface area (Å²) in [6.07, 6.45) is 0.801. The molecule has 0 aliphatic carbocycles. The quantitative estimate of drug-likeness (QED) is 0.841. The molecule has 0 fully saturated rings. The van der Waals surface area contributed by atoms with Gasteiger partial charge in [0, 0.05) is 12.6 Å². The lowest BCUT2D eigenvalue weighted by atomic mass is 10.3. The number of imide groups is 1. The fourth-order valence-electron chi connectivity index (χ4n) is 1.56. The van der Waals surface area contributed by atoms with Gasteiger partial charge < -0.3 is 19.5 Å². The molecule has 0 bridgehead atoms. The zero-order valence-corrected chi connectivity index (χ0v) is 11.1. The number of carbonyl (C=O) groups excluding carboxylic acids is 2. The molecular formula is C13H16N2O5. The molecule has 1 aromatic rings. The summed E-state index contributed by atoms with van der Waals surface area (Å²) in [7, 11) is 0. The van der Waals surface area contributed by atoms with E-state index < -0.39 is 11.9 Å². The van der Waals surface area contributed by atoms with E-state index in [1.165, 1.54) is 0 Å². The number of hydrogen-bond donors (Lipinski definition) is 2. The van der Waals surface area contributed by atoms with E-state index in [2.05, 4.69) is 10.6 Å². The van der Waals surface area contributed by atoms with E-state index in [4.69, 9.17) is 14.2 Å². The van der Waals surface area contributed by atoms with Crippen molar-refractivity contribution in [3.05, 3.63) is 18.2 Å². The Morgan fingerprint density at radius 1 is 1.30 bits per heavy atom. The van der Waals surface area contributed by atoms with Crippen LogP contribution in [-0.2, 0) is 4.79 Å². The van der Waals surface area contributed by atoms with Crippen molar-refractivity contribution in [3.8, 4) is 17.2 Å². The molecule has 0 spiro atoms. The molecule has 0 atom stereocenters. The zero-order valence-electron chi connectivity index (χ0n) is 11.1. The smallest absolute Gasteiger partial charge is 0.321 e. The molecule has 3 amide bonds. The molecule has 108 valence electrons. The SMILES string of the molecule is CCCNC(=O)NC(=O)COc1ccc2c(c1)OCO2. The van der Waals surface area contributed by atoms with Gasteiger partial charge >= 0.3 is 6.03 Å². The third-order valence-corrected chi connectivity index (χ3v) is 2.50. The summed E-state index contributed by atoms with van der Waals surface area (Å²) in [5.74, 6) is 1.17. The van der Waals surface area contributed by atoms with E-state index in [0.29, 0.717) is 23.8 Å². The van der Waals surface area contributed by atoms with Crippen LogP contribution < -0.4 is 24.8 Å². The molecule has 0 radical (unpaired) electrons. The molecule has 0 saturated carbocycles. The van der Waals surface area contributed by atoms with E-state index in [1.807, 2.05) is 6.92 Å². The molecule has 20 heavy (non-hydrogen) atoms. The maximum Gasteiger partial charge on any atom is 0.321 e. The second kappa shape index (κ2) is 6.65. The van der Waals surface area contributed by atoms with Crippen molar-refractivity contribution in [2.24, 2.45) is 0 Å². The second-order valence-electron chi connectivity index (χ2n) is 4.11.